The van der Waals surface area contributed by atoms with Crippen molar-refractivity contribution in [2.75, 3.05) is 7.11 Å². The zero-order valence-electron chi connectivity index (χ0n) is 16.0. The summed E-state index contributed by atoms with van der Waals surface area (Å²) in [6.07, 6.45) is 0. The van der Waals surface area contributed by atoms with Crippen LogP contribution in [0.2, 0.25) is 0 Å². The predicted molar refractivity (Wildman–Crippen MR) is 105 cm³/mol. The lowest BCUT2D eigenvalue weighted by atomic mass is 10.1. The summed E-state index contributed by atoms with van der Waals surface area (Å²) in [7, 11) is -2.91. The van der Waals surface area contributed by atoms with Crippen molar-refractivity contribution in [1.29, 1.82) is 0 Å². The van der Waals surface area contributed by atoms with Crippen LogP contribution in [0.4, 0.5) is 4.79 Å². The number of nitrogens with zero attached hydrogens (tertiary/aromatic N) is 1. The van der Waals surface area contributed by atoms with Crippen molar-refractivity contribution in [3.05, 3.63) is 59.2 Å². The Bertz CT molecular complexity index is 1290. The number of carbonyl (C=O) groups excluding carboxylic acids is 3. The van der Waals surface area contributed by atoms with Crippen LogP contribution in [0.3, 0.4) is 0 Å². The molecular formula is C20H15N3O7S. The van der Waals surface area contributed by atoms with Crippen molar-refractivity contribution in [3.8, 4) is 17.6 Å². The van der Waals surface area contributed by atoms with Gasteiger partial charge in [0.05, 0.1) is 18.6 Å². The first-order valence-electron chi connectivity index (χ1n) is 8.87. The van der Waals surface area contributed by atoms with E-state index in [4.69, 9.17) is 9.29 Å². The lowest BCUT2D eigenvalue weighted by Crippen LogP contribution is -2.60. The van der Waals surface area contributed by atoms with Crippen molar-refractivity contribution in [1.82, 2.24) is 15.5 Å². The maximum absolute atomic E-state index is 13.1. The first-order valence-corrected chi connectivity index (χ1v) is 10.3. The second kappa shape index (κ2) is 7.12. The van der Waals surface area contributed by atoms with Gasteiger partial charge < -0.3 is 4.74 Å². The van der Waals surface area contributed by atoms with Crippen LogP contribution in [0.1, 0.15) is 21.5 Å². The molecule has 0 saturated carbocycles. The number of urea groups is 1. The molecule has 3 N–H and O–H groups in total. The monoisotopic (exact) mass is 441 g/mol. The van der Waals surface area contributed by atoms with E-state index in [1.54, 1.807) is 18.2 Å². The van der Waals surface area contributed by atoms with Gasteiger partial charge in [-0.05, 0) is 47.9 Å². The number of methoxy groups -OCH3 is 1. The fourth-order valence-electron chi connectivity index (χ4n) is 3.34. The Balaban J connectivity index is 1.74. The minimum absolute atomic E-state index is 0.0300. The normalized spacial score (nSPS) is 19.9. The van der Waals surface area contributed by atoms with Crippen molar-refractivity contribution in [3.63, 3.8) is 0 Å². The van der Waals surface area contributed by atoms with Crippen molar-refractivity contribution in [2.45, 2.75) is 17.1 Å². The zero-order chi connectivity index (χ0) is 22.4. The van der Waals surface area contributed by atoms with Crippen LogP contribution in [0.25, 0.3) is 0 Å². The SMILES string of the molecule is COc1ccc2c(c1)C(=O)N(C1(C#Cc3ccc(S(=O)(=O)O)cc3)NC(=O)NC1=O)C2. The van der Waals surface area contributed by atoms with Crippen LogP contribution in [-0.4, -0.2) is 48.5 Å². The maximum atomic E-state index is 13.1. The van der Waals surface area contributed by atoms with Gasteiger partial charge in [-0.2, -0.15) is 8.42 Å². The van der Waals surface area contributed by atoms with E-state index >= 15 is 0 Å². The van der Waals surface area contributed by atoms with Crippen LogP contribution >= 0.6 is 0 Å². The summed E-state index contributed by atoms with van der Waals surface area (Å²) in [5.41, 5.74) is -0.695. The van der Waals surface area contributed by atoms with Gasteiger partial charge in [0.1, 0.15) is 5.75 Å². The summed E-state index contributed by atoms with van der Waals surface area (Å²) in [4.78, 5) is 38.5. The number of amides is 4. The molecule has 2 aromatic carbocycles. The van der Waals surface area contributed by atoms with Gasteiger partial charge in [0.2, 0.25) is 0 Å². The Morgan fingerprint density at radius 1 is 1.13 bits per heavy atom. The first-order chi connectivity index (χ1) is 14.6. The number of fused-ring (bicyclic) bond motifs is 1. The zero-order valence-corrected chi connectivity index (χ0v) is 16.8. The van der Waals surface area contributed by atoms with Gasteiger partial charge in [0.15, 0.2) is 0 Å². The summed E-state index contributed by atoms with van der Waals surface area (Å²) < 4.78 is 36.6. The van der Waals surface area contributed by atoms with Gasteiger partial charge in [-0.25, -0.2) is 4.79 Å². The lowest BCUT2D eigenvalue weighted by Gasteiger charge is -2.30. The van der Waals surface area contributed by atoms with Crippen molar-refractivity contribution in [2.24, 2.45) is 0 Å². The molecule has 0 radical (unpaired) electrons. The summed E-state index contributed by atoms with van der Waals surface area (Å²) in [6, 6.07) is 9.04. The molecule has 4 amide bonds. The second-order valence-corrected chi connectivity index (χ2v) is 8.20. The molecule has 0 bridgehead atoms. The van der Waals surface area contributed by atoms with E-state index in [2.05, 4.69) is 22.5 Å². The molecule has 1 saturated heterocycles. The van der Waals surface area contributed by atoms with Crippen LogP contribution in [-0.2, 0) is 21.5 Å². The average Bonchev–Trinajstić information content (AvgIpc) is 3.22. The Morgan fingerprint density at radius 3 is 2.42 bits per heavy atom. The molecule has 11 heteroatoms. The molecule has 1 atom stereocenters. The molecule has 1 unspecified atom stereocenters. The average molecular weight is 441 g/mol. The lowest BCUT2D eigenvalue weighted by molar-refractivity contribution is -0.126. The first kappa shape index (κ1) is 20.4. The van der Waals surface area contributed by atoms with Gasteiger partial charge in [0, 0.05) is 11.1 Å². The second-order valence-electron chi connectivity index (χ2n) is 6.78. The highest BCUT2D eigenvalue weighted by Crippen LogP contribution is 2.32. The molecule has 31 heavy (non-hydrogen) atoms. The molecule has 1 fully saturated rings. The van der Waals surface area contributed by atoms with Gasteiger partial charge in [-0.3, -0.25) is 29.7 Å². The molecule has 0 spiro atoms. The topological polar surface area (TPSA) is 142 Å². The Labute approximate surface area is 176 Å². The van der Waals surface area contributed by atoms with Crippen LogP contribution in [0, 0.1) is 11.8 Å². The fourth-order valence-corrected chi connectivity index (χ4v) is 3.82. The summed E-state index contributed by atoms with van der Waals surface area (Å²) in [5.74, 6) is 4.48. The third-order valence-electron chi connectivity index (χ3n) is 4.92. The van der Waals surface area contributed by atoms with Gasteiger partial charge >= 0.3 is 6.03 Å². The van der Waals surface area contributed by atoms with E-state index < -0.39 is 33.6 Å². The van der Waals surface area contributed by atoms with Gasteiger partial charge in [-0.15, -0.1) is 0 Å². The van der Waals surface area contributed by atoms with Crippen molar-refractivity contribution >= 4 is 28.0 Å². The number of rotatable bonds is 3. The fraction of sp³-hybridized carbons (Fsp3) is 0.150. The molecule has 0 aliphatic carbocycles. The third kappa shape index (κ3) is 3.48. The number of imide groups is 1. The Morgan fingerprint density at radius 2 is 1.84 bits per heavy atom. The number of hydrogen-bond acceptors (Lipinski definition) is 6. The Hall–Kier alpha value is -3.88. The Kier molecular flexibility index (Phi) is 4.68. The number of nitrogens with one attached hydrogen (secondary N) is 2. The van der Waals surface area contributed by atoms with E-state index in [1.165, 1.54) is 19.2 Å². The molecule has 2 aliphatic heterocycles. The van der Waals surface area contributed by atoms with E-state index in [-0.39, 0.29) is 11.4 Å². The smallest absolute Gasteiger partial charge is 0.324 e. The molecule has 10 nitrogen and oxygen atoms in total. The van der Waals surface area contributed by atoms with E-state index in [1.807, 2.05) is 0 Å². The summed E-state index contributed by atoms with van der Waals surface area (Å²) >= 11 is 0. The summed E-state index contributed by atoms with van der Waals surface area (Å²) in [5, 5.41) is 4.52. The molecule has 2 aliphatic rings. The molecule has 4 rings (SSSR count). The number of hydrogen-bond donors (Lipinski definition) is 3. The highest BCUT2D eigenvalue weighted by Gasteiger charge is 2.54. The number of carbonyl (C=O) groups is 3. The summed E-state index contributed by atoms with van der Waals surface area (Å²) in [6.45, 7) is 0.0300. The molecule has 2 aromatic rings. The van der Waals surface area contributed by atoms with Crippen molar-refractivity contribution < 1.29 is 32.1 Å². The van der Waals surface area contributed by atoms with Crippen LogP contribution in [0.15, 0.2) is 47.4 Å². The van der Waals surface area contributed by atoms with Gasteiger partial charge in [-0.1, -0.05) is 12.0 Å². The van der Waals surface area contributed by atoms with E-state index in [0.717, 1.165) is 17.0 Å². The minimum atomic E-state index is -4.37. The third-order valence-corrected chi connectivity index (χ3v) is 5.78. The number of benzene rings is 2. The highest BCUT2D eigenvalue weighted by atomic mass is 32.2. The van der Waals surface area contributed by atoms with E-state index in [0.29, 0.717) is 22.4 Å². The quantitative estimate of drug-likeness (QED) is 0.357. The molecule has 0 aromatic heterocycles. The van der Waals surface area contributed by atoms with Crippen LogP contribution in [0.5, 0.6) is 5.75 Å². The minimum Gasteiger partial charge on any atom is -0.497 e. The molecule has 158 valence electrons. The number of ether oxygens (including phenoxy) is 1. The predicted octanol–water partition coefficient (Wildman–Crippen LogP) is 0.485. The largest absolute Gasteiger partial charge is 0.497 e. The maximum Gasteiger partial charge on any atom is 0.324 e. The van der Waals surface area contributed by atoms with Gasteiger partial charge in [0.25, 0.3) is 27.6 Å². The van der Waals surface area contributed by atoms with Crippen LogP contribution < -0.4 is 15.4 Å². The molecule has 2 heterocycles. The standard InChI is InChI=1S/C20H15N3O7S/c1-30-14-5-4-13-11-23(17(24)16(13)10-14)20(18(25)21-19(26)22-20)9-8-12-2-6-15(7-3-12)31(27,28)29/h2-7,10H,11H2,1H3,(H,27,28,29)(H2,21,22,25,26). The highest BCUT2D eigenvalue weighted by molar-refractivity contribution is 7.85. The van der Waals surface area contributed by atoms with E-state index in [9.17, 15) is 22.8 Å². The molecular weight excluding hydrogens is 426 g/mol.